The Morgan fingerprint density at radius 1 is 1.20 bits per heavy atom. The van der Waals surface area contributed by atoms with E-state index < -0.39 is 0 Å². The van der Waals surface area contributed by atoms with Crippen molar-refractivity contribution in [3.8, 4) is 17.2 Å². The number of phenols is 1. The number of carbonyl (C=O) groups excluding carboxylic acids is 1. The third-order valence-corrected chi connectivity index (χ3v) is 6.77. The number of piperidine rings is 1. The summed E-state index contributed by atoms with van der Waals surface area (Å²) in [6, 6.07) is 10.9. The van der Waals surface area contributed by atoms with Crippen LogP contribution < -0.4 is 14.8 Å². The van der Waals surface area contributed by atoms with Gasteiger partial charge in [0.05, 0.1) is 19.2 Å². The molecule has 2 fully saturated rings. The molecule has 2 aromatic rings. The molecule has 160 valence electrons. The van der Waals surface area contributed by atoms with Gasteiger partial charge in [-0.2, -0.15) is 0 Å². The number of nitrogens with zero attached hydrogens (tertiary/aromatic N) is 1. The molecule has 1 unspecified atom stereocenters. The Morgan fingerprint density at radius 3 is 2.60 bits per heavy atom. The fraction of sp³-hybridized carbons (Fsp3) is 0.435. The quantitative estimate of drug-likeness (QED) is 0.714. The van der Waals surface area contributed by atoms with Gasteiger partial charge in [0, 0.05) is 23.7 Å². The van der Waals surface area contributed by atoms with Gasteiger partial charge in [-0.3, -0.25) is 9.69 Å². The minimum atomic E-state index is 0.0470. The molecule has 7 heteroatoms. The number of hydrogen-bond acceptors (Lipinski definition) is 5. The molecular weight excluding hydrogens is 404 g/mol. The zero-order valence-electron chi connectivity index (χ0n) is 17.3. The van der Waals surface area contributed by atoms with Crippen molar-refractivity contribution in [1.82, 2.24) is 4.90 Å². The number of likely N-dealkylation sites (tertiary alicyclic amines) is 1. The largest absolute Gasteiger partial charge is 0.504 e. The predicted octanol–water partition coefficient (Wildman–Crippen LogP) is 4.30. The topological polar surface area (TPSA) is 71.0 Å². The van der Waals surface area contributed by atoms with Crippen LogP contribution in [0.1, 0.15) is 24.8 Å². The third-order valence-electron chi connectivity index (χ3n) is 6.47. The van der Waals surface area contributed by atoms with Crippen LogP contribution in [0.2, 0.25) is 5.02 Å². The number of hydrogen-bond donors (Lipinski definition) is 2. The molecule has 2 N–H and O–H groups in total. The van der Waals surface area contributed by atoms with Gasteiger partial charge in [-0.1, -0.05) is 23.7 Å². The van der Waals surface area contributed by atoms with Gasteiger partial charge in [0.25, 0.3) is 0 Å². The summed E-state index contributed by atoms with van der Waals surface area (Å²) >= 11 is 6.16. The maximum absolute atomic E-state index is 12.8. The van der Waals surface area contributed by atoms with E-state index in [1.54, 1.807) is 38.5 Å². The molecule has 2 aromatic carbocycles. The second kappa shape index (κ2) is 8.36. The van der Waals surface area contributed by atoms with Crippen LogP contribution in [0.5, 0.6) is 17.2 Å². The normalized spacial score (nSPS) is 20.0. The number of nitrogens with one attached hydrogen (secondary N) is 1. The Labute approximate surface area is 181 Å². The van der Waals surface area contributed by atoms with E-state index in [9.17, 15) is 9.90 Å². The summed E-state index contributed by atoms with van der Waals surface area (Å²) in [5, 5.41) is 13.8. The van der Waals surface area contributed by atoms with Crippen LogP contribution in [0.4, 0.5) is 5.69 Å². The third kappa shape index (κ3) is 4.07. The first-order chi connectivity index (χ1) is 14.5. The summed E-state index contributed by atoms with van der Waals surface area (Å²) in [6.45, 7) is 2.50. The average Bonchev–Trinajstić information content (AvgIpc) is 3.45. The van der Waals surface area contributed by atoms with Gasteiger partial charge in [0.2, 0.25) is 5.91 Å². The Balaban J connectivity index is 1.31. The molecule has 1 heterocycles. The number of phenolic OH excluding ortho intramolecular Hbond substituents is 1. The van der Waals surface area contributed by atoms with Crippen LogP contribution in [0.3, 0.4) is 0 Å². The minimum Gasteiger partial charge on any atom is -0.504 e. The molecule has 0 aromatic heterocycles. The van der Waals surface area contributed by atoms with Crippen molar-refractivity contribution in [3.05, 3.63) is 47.0 Å². The molecule has 6 nitrogen and oxygen atoms in total. The van der Waals surface area contributed by atoms with E-state index in [2.05, 4.69) is 10.2 Å². The average molecular weight is 431 g/mol. The summed E-state index contributed by atoms with van der Waals surface area (Å²) in [5.74, 6) is 1.41. The van der Waals surface area contributed by atoms with Crippen molar-refractivity contribution < 1.29 is 19.4 Å². The van der Waals surface area contributed by atoms with Gasteiger partial charge in [0.15, 0.2) is 11.5 Å². The fourth-order valence-corrected chi connectivity index (χ4v) is 4.76. The first-order valence-corrected chi connectivity index (χ1v) is 10.5. The Hall–Kier alpha value is -2.44. The maximum Gasteiger partial charge on any atom is 0.228 e. The summed E-state index contributed by atoms with van der Waals surface area (Å²) in [7, 11) is 3.12. The van der Waals surface area contributed by atoms with E-state index in [4.69, 9.17) is 21.1 Å². The van der Waals surface area contributed by atoms with Crippen LogP contribution in [-0.4, -0.2) is 43.2 Å². The molecule has 1 saturated heterocycles. The summed E-state index contributed by atoms with van der Waals surface area (Å²) in [5.41, 5.74) is 1.67. The van der Waals surface area contributed by atoms with Gasteiger partial charge in [0.1, 0.15) is 5.75 Å². The van der Waals surface area contributed by atoms with E-state index in [0.29, 0.717) is 28.8 Å². The molecular formula is C23H27ClN2O4. The zero-order valence-corrected chi connectivity index (χ0v) is 18.0. The number of halogens is 1. The fourth-order valence-electron chi connectivity index (χ4n) is 4.50. The summed E-state index contributed by atoms with van der Waals surface area (Å²) in [6.07, 6.45) is 2.90. The van der Waals surface area contributed by atoms with Crippen LogP contribution in [-0.2, 0) is 11.3 Å². The number of anilines is 1. The van der Waals surface area contributed by atoms with E-state index in [-0.39, 0.29) is 23.0 Å². The van der Waals surface area contributed by atoms with Gasteiger partial charge in [-0.25, -0.2) is 0 Å². The van der Waals surface area contributed by atoms with Crippen LogP contribution in [0.25, 0.3) is 0 Å². The van der Waals surface area contributed by atoms with Crippen LogP contribution >= 0.6 is 11.6 Å². The highest BCUT2D eigenvalue weighted by Gasteiger charge is 2.58. The highest BCUT2D eigenvalue weighted by molar-refractivity contribution is 6.32. The Bertz CT molecular complexity index is 941. The first-order valence-electron chi connectivity index (χ1n) is 10.2. The molecule has 4 rings (SSSR count). The van der Waals surface area contributed by atoms with Gasteiger partial charge < -0.3 is 19.9 Å². The molecule has 30 heavy (non-hydrogen) atoms. The van der Waals surface area contributed by atoms with E-state index in [0.717, 1.165) is 37.9 Å². The molecule has 0 radical (unpaired) electrons. The second-order valence-corrected chi connectivity index (χ2v) is 8.61. The highest BCUT2D eigenvalue weighted by atomic mass is 35.5. The van der Waals surface area contributed by atoms with E-state index in [1.807, 2.05) is 12.1 Å². The van der Waals surface area contributed by atoms with Gasteiger partial charge >= 0.3 is 0 Å². The van der Waals surface area contributed by atoms with Gasteiger partial charge in [-0.05, 0) is 62.0 Å². The maximum atomic E-state index is 12.8. The SMILES string of the molecule is COc1ccc(NC(=O)C2CC23CCN(Cc2cccc(OC)c2O)CC3)cc1Cl. The number of carbonyl (C=O) groups is 1. The molecule has 1 spiro atoms. The molecule has 0 bridgehead atoms. The number of amides is 1. The molecule has 1 amide bonds. The first kappa shape index (κ1) is 20.8. The zero-order chi connectivity index (χ0) is 21.3. The standard InChI is InChI=1S/C23H27ClN2O4/c1-29-19-7-6-16(12-18(19)24)25-22(28)17-13-23(17)8-10-26(11-9-23)14-15-4-3-5-20(30-2)21(15)27/h3-7,12,17,27H,8-11,13-14H2,1-2H3,(H,25,28). The Kier molecular flexibility index (Phi) is 5.80. The molecule has 1 atom stereocenters. The lowest BCUT2D eigenvalue weighted by Crippen LogP contribution is -2.35. The van der Waals surface area contributed by atoms with Crippen molar-refractivity contribution in [2.75, 3.05) is 32.6 Å². The lowest BCUT2D eigenvalue weighted by molar-refractivity contribution is -0.118. The minimum absolute atomic E-state index is 0.0470. The Morgan fingerprint density at radius 2 is 1.93 bits per heavy atom. The van der Waals surface area contributed by atoms with Crippen molar-refractivity contribution in [2.45, 2.75) is 25.8 Å². The number of benzene rings is 2. The number of rotatable bonds is 6. The number of para-hydroxylation sites is 1. The van der Waals surface area contributed by atoms with Crippen LogP contribution in [0.15, 0.2) is 36.4 Å². The number of methoxy groups -OCH3 is 2. The van der Waals surface area contributed by atoms with Crippen molar-refractivity contribution in [2.24, 2.45) is 11.3 Å². The summed E-state index contributed by atoms with van der Waals surface area (Å²) in [4.78, 5) is 15.1. The summed E-state index contributed by atoms with van der Waals surface area (Å²) < 4.78 is 10.4. The number of aromatic hydroxyl groups is 1. The predicted molar refractivity (Wildman–Crippen MR) is 116 cm³/mol. The van der Waals surface area contributed by atoms with Gasteiger partial charge in [-0.15, -0.1) is 0 Å². The molecule has 1 saturated carbocycles. The van der Waals surface area contributed by atoms with Crippen molar-refractivity contribution >= 4 is 23.2 Å². The molecule has 1 aliphatic carbocycles. The van der Waals surface area contributed by atoms with Crippen LogP contribution in [0, 0.1) is 11.3 Å². The monoisotopic (exact) mass is 430 g/mol. The lowest BCUT2D eigenvalue weighted by atomic mass is 9.90. The number of ether oxygens (including phenoxy) is 2. The molecule has 1 aliphatic heterocycles. The van der Waals surface area contributed by atoms with E-state index >= 15 is 0 Å². The smallest absolute Gasteiger partial charge is 0.228 e. The van der Waals surface area contributed by atoms with E-state index in [1.165, 1.54) is 0 Å². The second-order valence-electron chi connectivity index (χ2n) is 8.20. The molecule has 2 aliphatic rings. The van der Waals surface area contributed by atoms with Crippen molar-refractivity contribution in [3.63, 3.8) is 0 Å². The lowest BCUT2D eigenvalue weighted by Gasteiger charge is -2.33. The van der Waals surface area contributed by atoms with Crippen molar-refractivity contribution in [1.29, 1.82) is 0 Å². The highest BCUT2D eigenvalue weighted by Crippen LogP contribution is 2.59.